The molecule has 0 radical (unpaired) electrons. The Hall–Kier alpha value is -1.15. The Balaban J connectivity index is 2.55. The van der Waals surface area contributed by atoms with Crippen LogP contribution in [0.15, 0.2) is 5.38 Å². The van der Waals surface area contributed by atoms with Gasteiger partial charge in [-0.05, 0) is 20.3 Å². The number of nitrogens with one attached hydrogen (secondary N) is 1. The second kappa shape index (κ2) is 5.87. The summed E-state index contributed by atoms with van der Waals surface area (Å²) in [5.41, 5.74) is -0.529. The average molecular weight is 306 g/mol. The Labute approximate surface area is 116 Å². The summed E-state index contributed by atoms with van der Waals surface area (Å²) in [7, 11) is -2.94. The third-order valence-electron chi connectivity index (χ3n) is 2.65. The lowest BCUT2D eigenvalue weighted by molar-refractivity contribution is -0.142. The summed E-state index contributed by atoms with van der Waals surface area (Å²) in [6.07, 6.45) is 1.69. The highest BCUT2D eigenvalue weighted by Gasteiger charge is 2.32. The van der Waals surface area contributed by atoms with Crippen molar-refractivity contribution >= 4 is 32.3 Å². The first kappa shape index (κ1) is 15.9. The number of hydrogen-bond donors (Lipinski definition) is 2. The first-order valence-corrected chi connectivity index (χ1v) is 8.68. The monoisotopic (exact) mass is 306 g/mol. The molecule has 0 fully saturated rings. The van der Waals surface area contributed by atoms with E-state index in [2.05, 4.69) is 10.3 Å². The molecule has 0 aliphatic carbocycles. The van der Waals surface area contributed by atoms with E-state index in [0.717, 1.165) is 0 Å². The summed E-state index contributed by atoms with van der Waals surface area (Å²) >= 11 is 1.32. The van der Waals surface area contributed by atoms with Crippen LogP contribution in [0.1, 0.15) is 26.0 Å². The van der Waals surface area contributed by atoms with Crippen molar-refractivity contribution in [2.45, 2.75) is 25.7 Å². The van der Waals surface area contributed by atoms with Crippen LogP contribution in [-0.2, 0) is 20.0 Å². The van der Waals surface area contributed by atoms with Crippen LogP contribution in [0.4, 0.5) is 5.13 Å². The van der Waals surface area contributed by atoms with Gasteiger partial charge in [0.2, 0.25) is 0 Å². The number of aromatic nitrogens is 1. The van der Waals surface area contributed by atoms with Crippen molar-refractivity contribution in [2.24, 2.45) is 0 Å². The minimum Gasteiger partial charge on any atom is -0.481 e. The van der Waals surface area contributed by atoms with Gasteiger partial charge in [0.05, 0.1) is 11.4 Å². The largest absolute Gasteiger partial charge is 0.481 e. The molecule has 1 rings (SSSR count). The van der Waals surface area contributed by atoms with Crippen LogP contribution in [0.3, 0.4) is 0 Å². The summed E-state index contributed by atoms with van der Waals surface area (Å²) in [6, 6.07) is 0. The van der Waals surface area contributed by atoms with Gasteiger partial charge in [-0.3, -0.25) is 4.79 Å². The van der Waals surface area contributed by atoms with Crippen molar-refractivity contribution in [3.05, 3.63) is 11.1 Å². The van der Waals surface area contributed by atoms with E-state index in [-0.39, 0.29) is 5.75 Å². The van der Waals surface area contributed by atoms with Gasteiger partial charge in [0.25, 0.3) is 0 Å². The zero-order valence-electron chi connectivity index (χ0n) is 11.1. The number of anilines is 1. The smallest absolute Gasteiger partial charge is 0.315 e. The fraction of sp³-hybridized carbons (Fsp3) is 0.636. The lowest BCUT2D eigenvalue weighted by Crippen LogP contribution is -2.28. The number of carboxylic acids is 1. The van der Waals surface area contributed by atoms with Crippen molar-refractivity contribution in [3.8, 4) is 0 Å². The first-order chi connectivity index (χ1) is 8.63. The van der Waals surface area contributed by atoms with Crippen LogP contribution in [0.25, 0.3) is 0 Å². The fourth-order valence-corrected chi connectivity index (χ4v) is 2.86. The van der Waals surface area contributed by atoms with Crippen LogP contribution in [0.2, 0.25) is 0 Å². The predicted octanol–water partition coefficient (Wildman–Crippen LogP) is 1.35. The molecule has 1 heterocycles. The van der Waals surface area contributed by atoms with Crippen molar-refractivity contribution in [1.29, 1.82) is 0 Å². The number of carboxylic acid groups (broad SMARTS) is 1. The zero-order chi connectivity index (χ0) is 14.7. The lowest BCUT2D eigenvalue weighted by atomic mass is 9.90. The fourth-order valence-electron chi connectivity index (χ4n) is 1.28. The van der Waals surface area contributed by atoms with Crippen LogP contribution >= 0.6 is 11.3 Å². The Morgan fingerprint density at radius 3 is 2.68 bits per heavy atom. The zero-order valence-corrected chi connectivity index (χ0v) is 12.8. The van der Waals surface area contributed by atoms with E-state index in [1.165, 1.54) is 17.6 Å². The molecule has 108 valence electrons. The number of aliphatic carboxylic acids is 1. The molecule has 6 nitrogen and oxygen atoms in total. The molecule has 0 bridgehead atoms. The molecule has 2 N–H and O–H groups in total. The van der Waals surface area contributed by atoms with Crippen LogP contribution in [0, 0.1) is 0 Å². The number of carbonyl (C=O) groups is 1. The van der Waals surface area contributed by atoms with E-state index in [0.29, 0.717) is 23.8 Å². The Morgan fingerprint density at radius 1 is 1.53 bits per heavy atom. The Morgan fingerprint density at radius 2 is 2.16 bits per heavy atom. The predicted molar refractivity (Wildman–Crippen MR) is 75.6 cm³/mol. The van der Waals surface area contributed by atoms with Gasteiger partial charge in [0.15, 0.2) is 5.13 Å². The number of nitrogens with zero attached hydrogens (tertiary/aromatic N) is 1. The van der Waals surface area contributed by atoms with Gasteiger partial charge in [-0.2, -0.15) is 0 Å². The topological polar surface area (TPSA) is 96.4 Å². The summed E-state index contributed by atoms with van der Waals surface area (Å²) in [5, 5.41) is 14.4. The van der Waals surface area contributed by atoms with Gasteiger partial charge >= 0.3 is 5.97 Å². The quantitative estimate of drug-likeness (QED) is 0.738. The van der Waals surface area contributed by atoms with E-state index in [9.17, 15) is 13.2 Å². The third kappa shape index (κ3) is 4.79. The van der Waals surface area contributed by atoms with Crippen molar-refractivity contribution in [3.63, 3.8) is 0 Å². The summed E-state index contributed by atoms with van der Waals surface area (Å²) < 4.78 is 21.9. The number of thiazole rings is 1. The minimum atomic E-state index is -2.94. The highest BCUT2D eigenvalue weighted by Crippen LogP contribution is 2.27. The third-order valence-corrected chi connectivity index (χ3v) is 4.48. The van der Waals surface area contributed by atoms with Gasteiger partial charge in [-0.25, -0.2) is 13.4 Å². The second-order valence-electron chi connectivity index (χ2n) is 4.88. The number of sulfone groups is 1. The molecule has 0 spiro atoms. The van der Waals surface area contributed by atoms with Crippen molar-refractivity contribution in [2.75, 3.05) is 23.9 Å². The van der Waals surface area contributed by atoms with Gasteiger partial charge < -0.3 is 10.4 Å². The summed E-state index contributed by atoms with van der Waals surface area (Å²) in [6.45, 7) is 3.68. The standard InChI is InChI=1S/C11H18N2O4S2/c1-11(2,9(14)15)8-7-18-10(13-8)12-5-4-6-19(3,16)17/h7H,4-6H2,1-3H3,(H,12,13)(H,14,15). The lowest BCUT2D eigenvalue weighted by Gasteiger charge is -2.15. The Kier molecular flexibility index (Phi) is 4.92. The van der Waals surface area contributed by atoms with Crippen LogP contribution in [-0.4, -0.2) is 43.0 Å². The molecule has 1 aromatic heterocycles. The van der Waals surface area contributed by atoms with E-state index < -0.39 is 21.2 Å². The Bertz CT molecular complexity index is 549. The molecule has 0 aromatic carbocycles. The number of hydrogen-bond acceptors (Lipinski definition) is 6. The molecular formula is C11H18N2O4S2. The van der Waals surface area contributed by atoms with E-state index in [4.69, 9.17) is 5.11 Å². The molecule has 0 saturated heterocycles. The highest BCUT2D eigenvalue weighted by atomic mass is 32.2. The maximum absolute atomic E-state index is 11.1. The highest BCUT2D eigenvalue weighted by molar-refractivity contribution is 7.90. The molecular weight excluding hydrogens is 288 g/mol. The van der Waals surface area contributed by atoms with E-state index in [1.54, 1.807) is 19.2 Å². The molecule has 0 saturated carbocycles. The molecule has 8 heteroatoms. The van der Waals surface area contributed by atoms with Gasteiger partial charge in [0, 0.05) is 18.2 Å². The molecule has 0 amide bonds. The maximum Gasteiger partial charge on any atom is 0.315 e. The van der Waals surface area contributed by atoms with E-state index >= 15 is 0 Å². The molecule has 0 unspecified atom stereocenters. The van der Waals surface area contributed by atoms with Crippen LogP contribution in [0.5, 0.6) is 0 Å². The van der Waals surface area contributed by atoms with Gasteiger partial charge in [-0.1, -0.05) is 0 Å². The minimum absolute atomic E-state index is 0.124. The average Bonchev–Trinajstić information content (AvgIpc) is 2.72. The normalized spacial score (nSPS) is 12.4. The van der Waals surface area contributed by atoms with Gasteiger partial charge in [0.1, 0.15) is 15.3 Å². The van der Waals surface area contributed by atoms with Crippen LogP contribution < -0.4 is 5.32 Å². The SMILES string of the molecule is CC(C)(C(=O)O)c1csc(NCCCS(C)(=O)=O)n1. The molecule has 0 aliphatic heterocycles. The van der Waals surface area contributed by atoms with E-state index in [1.807, 2.05) is 0 Å². The molecule has 0 atom stereocenters. The second-order valence-corrected chi connectivity index (χ2v) is 8.00. The molecule has 1 aromatic rings. The van der Waals surface area contributed by atoms with Gasteiger partial charge in [-0.15, -0.1) is 11.3 Å². The maximum atomic E-state index is 11.1. The van der Waals surface area contributed by atoms with Crippen molar-refractivity contribution in [1.82, 2.24) is 4.98 Å². The first-order valence-electron chi connectivity index (χ1n) is 5.74. The number of rotatable bonds is 7. The molecule has 0 aliphatic rings. The summed E-state index contributed by atoms with van der Waals surface area (Å²) in [5.74, 6) is -0.805. The summed E-state index contributed by atoms with van der Waals surface area (Å²) in [4.78, 5) is 15.3. The molecule has 19 heavy (non-hydrogen) atoms. The van der Waals surface area contributed by atoms with Crippen molar-refractivity contribution < 1.29 is 18.3 Å².